The first-order valence-corrected chi connectivity index (χ1v) is 23.4. The van der Waals surface area contributed by atoms with Crippen LogP contribution in [0.4, 0.5) is 0 Å². The Balaban J connectivity index is 0.00000828. The molecule has 0 unspecified atom stereocenters. The second-order valence-corrected chi connectivity index (χ2v) is 20.7. The van der Waals surface area contributed by atoms with Crippen LogP contribution in [0, 0.1) is 6.07 Å². The molecule has 0 aliphatic carbocycles. The smallest absolute Gasteiger partial charge is 0.148 e. The van der Waals surface area contributed by atoms with E-state index in [1.165, 1.54) is 0 Å². The van der Waals surface area contributed by atoms with Crippen LogP contribution in [-0.2, 0) is 37.3 Å². The van der Waals surface area contributed by atoms with Crippen molar-refractivity contribution in [2.75, 3.05) is 0 Å². The van der Waals surface area contributed by atoms with E-state index in [-0.39, 0.29) is 48.9 Å². The fourth-order valence-electron chi connectivity index (χ4n) is 8.74. The van der Waals surface area contributed by atoms with Crippen molar-refractivity contribution in [1.82, 2.24) is 14.5 Å². The zero-order valence-corrected chi connectivity index (χ0v) is 43.4. The number of aromatic hydroxyl groups is 1. The number of para-hydroxylation sites is 1. The third-order valence-electron chi connectivity index (χ3n) is 12.6. The van der Waals surface area contributed by atoms with E-state index in [0.29, 0.717) is 39.1 Å². The van der Waals surface area contributed by atoms with Crippen LogP contribution < -0.4 is 0 Å². The number of aromatic nitrogens is 3. The number of phenols is 1. The zero-order valence-electron chi connectivity index (χ0n) is 53.2. The second-order valence-electron chi connectivity index (χ2n) is 20.7. The van der Waals surface area contributed by atoms with E-state index < -0.39 is 100 Å². The molecule has 71 heavy (non-hydrogen) atoms. The summed E-state index contributed by atoms with van der Waals surface area (Å²) in [6, 6.07) is 35.6. The van der Waals surface area contributed by atoms with Gasteiger partial charge in [0.15, 0.2) is 0 Å². The molecule has 356 valence electrons. The molecule has 8 aromatic carbocycles. The van der Waals surface area contributed by atoms with Crippen molar-refractivity contribution >= 4 is 11.0 Å². The van der Waals surface area contributed by atoms with Gasteiger partial charge in [0.2, 0.25) is 0 Å². The van der Waals surface area contributed by atoms with Gasteiger partial charge in [-0.05, 0) is 91.1 Å². The first-order valence-electron chi connectivity index (χ1n) is 29.4. The molecule has 10 rings (SSSR count). The molecule has 0 radical (unpaired) electrons. The van der Waals surface area contributed by atoms with Gasteiger partial charge in [0.1, 0.15) is 11.6 Å². The van der Waals surface area contributed by atoms with Crippen molar-refractivity contribution in [2.45, 2.75) is 78.6 Å². The normalized spacial score (nSPS) is 14.3. The monoisotopic (exact) mass is 1120 g/mol. The van der Waals surface area contributed by atoms with Gasteiger partial charge < -0.3 is 5.11 Å². The van der Waals surface area contributed by atoms with Crippen molar-refractivity contribution < 1.29 is 42.6 Å². The minimum atomic E-state index is -0.765. The van der Waals surface area contributed by atoms with Crippen LogP contribution >= 0.6 is 0 Å². The zero-order chi connectivity index (χ0) is 59.4. The molecule has 0 aliphatic heterocycles. The fraction of sp³-hybridized carbons (Fsp3) is 0.182. The van der Waals surface area contributed by atoms with E-state index in [9.17, 15) is 9.22 Å². The Kier molecular flexibility index (Phi) is 9.72. The standard InChI is InChI=1S/C66H60N3O.Pt/c1-64(2,3)52-32-33-59(55(40-52)47-24-17-12-18-25-47)69-60-27-19-26-54(61(60)68-63(69)56-41-53(65(4,5)6)42-57(62(56)70)66(7,8)9)50-36-49(44-22-15-11-16-23-44)37-51(38-50)58-39-48(34-35-67-58)46-30-28-45(29-31-46)43-20-13-10-14-21-43;/h10-37,39-42,70H,1-9H3;/q-1;/i10D,13D,14D,20D,21D,28D,29D,30D,31D,34D,35D,39D;. The van der Waals surface area contributed by atoms with E-state index in [2.05, 4.69) is 114 Å². The Morgan fingerprint density at radius 2 is 1.11 bits per heavy atom. The topological polar surface area (TPSA) is 50.9 Å². The Morgan fingerprint density at radius 1 is 0.507 bits per heavy atom. The molecule has 0 amide bonds. The fourth-order valence-corrected chi connectivity index (χ4v) is 8.74. The molecule has 2 heterocycles. The molecule has 5 heteroatoms. The van der Waals surface area contributed by atoms with Crippen molar-refractivity contribution in [2.24, 2.45) is 0 Å². The number of benzene rings is 8. The minimum Gasteiger partial charge on any atom is -0.507 e. The van der Waals surface area contributed by atoms with Crippen LogP contribution in [0.25, 0.3) is 95.0 Å². The third kappa shape index (κ3) is 9.84. The summed E-state index contributed by atoms with van der Waals surface area (Å²) in [5, 5.41) is 12.7. The quantitative estimate of drug-likeness (QED) is 0.154. The molecule has 0 atom stereocenters. The predicted octanol–water partition coefficient (Wildman–Crippen LogP) is 17.5. The summed E-state index contributed by atoms with van der Waals surface area (Å²) in [5.74, 6) is 0.587. The van der Waals surface area contributed by atoms with Gasteiger partial charge in [0, 0.05) is 44.1 Å². The van der Waals surface area contributed by atoms with Crippen LogP contribution in [0.15, 0.2) is 194 Å². The largest absolute Gasteiger partial charge is 0.507 e. The third-order valence-corrected chi connectivity index (χ3v) is 12.6. The summed E-state index contributed by atoms with van der Waals surface area (Å²) < 4.78 is 109. The number of hydrogen-bond acceptors (Lipinski definition) is 3. The number of pyridine rings is 1. The van der Waals surface area contributed by atoms with Crippen molar-refractivity contribution in [3.8, 4) is 89.7 Å². The molecule has 2 aromatic heterocycles. The Hall–Kier alpha value is -7.13. The molecule has 0 bridgehead atoms. The number of fused-ring (bicyclic) bond motifs is 1. The first-order chi connectivity index (χ1) is 38.5. The summed E-state index contributed by atoms with van der Waals surface area (Å²) >= 11 is 0. The molecule has 10 aromatic rings. The van der Waals surface area contributed by atoms with Crippen LogP contribution in [0.2, 0.25) is 0 Å². The Bertz CT molecular complexity index is 4200. The van der Waals surface area contributed by atoms with Gasteiger partial charge in [-0.15, -0.1) is 23.8 Å². The van der Waals surface area contributed by atoms with Crippen molar-refractivity contribution in [3.05, 3.63) is 217 Å². The van der Waals surface area contributed by atoms with Gasteiger partial charge in [0.25, 0.3) is 0 Å². The Morgan fingerprint density at radius 3 is 1.76 bits per heavy atom. The molecule has 0 aliphatic rings. The molecule has 0 saturated carbocycles. The van der Waals surface area contributed by atoms with Crippen LogP contribution in [0.1, 0.15) is 95.5 Å². The number of imidazole rings is 1. The van der Waals surface area contributed by atoms with Crippen LogP contribution in [0.3, 0.4) is 0 Å². The maximum atomic E-state index is 12.7. The summed E-state index contributed by atoms with van der Waals surface area (Å²) in [5.41, 5.74) is 7.03. The molecule has 0 spiro atoms. The van der Waals surface area contributed by atoms with E-state index in [4.69, 9.17) is 17.3 Å². The van der Waals surface area contributed by atoms with E-state index in [1.807, 2.05) is 78.9 Å². The van der Waals surface area contributed by atoms with Crippen molar-refractivity contribution in [1.29, 1.82) is 0 Å². The van der Waals surface area contributed by atoms with Gasteiger partial charge >= 0.3 is 0 Å². The van der Waals surface area contributed by atoms with E-state index in [1.54, 1.807) is 6.07 Å². The molecular formula is C66H60N3OPt-. The molecule has 0 fully saturated rings. The van der Waals surface area contributed by atoms with Crippen LogP contribution in [0.5, 0.6) is 5.75 Å². The summed E-state index contributed by atoms with van der Waals surface area (Å²) in [6.07, 6.45) is -0.628. The molecule has 1 N–H and O–H groups in total. The van der Waals surface area contributed by atoms with Gasteiger partial charge in [-0.2, -0.15) is 0 Å². The van der Waals surface area contributed by atoms with Gasteiger partial charge in [0.05, 0.1) is 38.7 Å². The number of phenolic OH excluding ortho intramolecular Hbond substituents is 1. The van der Waals surface area contributed by atoms with Gasteiger partial charge in [-0.1, -0.05) is 224 Å². The van der Waals surface area contributed by atoms with Gasteiger partial charge in [-0.3, -0.25) is 9.55 Å². The summed E-state index contributed by atoms with van der Waals surface area (Å²) in [6.45, 7) is 19.2. The van der Waals surface area contributed by atoms with E-state index in [0.717, 1.165) is 39.1 Å². The summed E-state index contributed by atoms with van der Waals surface area (Å²) in [7, 11) is 0. The van der Waals surface area contributed by atoms with Gasteiger partial charge in [-0.25, -0.2) is 4.98 Å². The Labute approximate surface area is 451 Å². The minimum absolute atomic E-state index is 0. The number of nitrogens with zero attached hydrogens (tertiary/aromatic N) is 3. The second kappa shape index (κ2) is 19.2. The van der Waals surface area contributed by atoms with Crippen molar-refractivity contribution in [3.63, 3.8) is 0 Å². The average Bonchev–Trinajstić information content (AvgIpc) is 2.76. The average molecular weight is 1120 g/mol. The van der Waals surface area contributed by atoms with Crippen LogP contribution in [-0.4, -0.2) is 19.6 Å². The van der Waals surface area contributed by atoms with E-state index >= 15 is 0 Å². The molecular weight excluding hydrogens is 1050 g/mol. The first kappa shape index (κ1) is 35.9. The summed E-state index contributed by atoms with van der Waals surface area (Å²) in [4.78, 5) is 10.1. The molecule has 0 saturated heterocycles. The predicted molar refractivity (Wildman–Crippen MR) is 294 cm³/mol. The number of hydrogen-bond donors (Lipinski definition) is 1. The maximum Gasteiger partial charge on any atom is 0.148 e. The number of rotatable bonds is 8. The maximum absolute atomic E-state index is 12.7. The SMILES string of the molecule is [2H]c1nc(-c2[c-]c(-c3cccc4c3nc(-c3cc(C(C)(C)C)cc(C(C)(C)C)c3O)n4-c3ccc(C(C)(C)C)cc3-c3ccccc3)cc(-c3ccccc3)c2)c([2H])c(-c2c([2H])c([2H])c(-c3c([2H])c([2H])c([2H])c([2H])c3[2H])c([2H])c2[2H])c1[2H].[Pt]. The molecule has 4 nitrogen and oxygen atoms in total.